The van der Waals surface area contributed by atoms with Gasteiger partial charge in [0, 0.05) is 12.5 Å². The maximum absolute atomic E-state index is 13.5. The third-order valence-electron chi connectivity index (χ3n) is 4.78. The van der Waals surface area contributed by atoms with Gasteiger partial charge >= 0.3 is 0 Å². The molecule has 2 atom stereocenters. The van der Waals surface area contributed by atoms with Gasteiger partial charge in [-0.1, -0.05) is 12.1 Å². The van der Waals surface area contributed by atoms with Crippen molar-refractivity contribution >= 4 is 9.84 Å². The van der Waals surface area contributed by atoms with Crippen LogP contribution >= 0.6 is 0 Å². The molecule has 2 aliphatic rings. The van der Waals surface area contributed by atoms with E-state index < -0.39 is 9.84 Å². The van der Waals surface area contributed by atoms with Crippen LogP contribution < -0.4 is 5.32 Å². The smallest absolute Gasteiger partial charge is 0.150 e. The number of benzene rings is 1. The Balaban J connectivity index is 1.99. The number of hydrogen-bond acceptors (Lipinski definition) is 3. The first-order valence-corrected chi connectivity index (χ1v) is 9.00. The van der Waals surface area contributed by atoms with Crippen LogP contribution in [0.4, 0.5) is 4.39 Å². The van der Waals surface area contributed by atoms with Crippen LogP contribution in [0.1, 0.15) is 30.7 Å². The third-order valence-corrected chi connectivity index (χ3v) is 6.70. The van der Waals surface area contributed by atoms with E-state index in [2.05, 4.69) is 5.32 Å². The lowest BCUT2D eigenvalue weighted by Gasteiger charge is -2.47. The summed E-state index contributed by atoms with van der Waals surface area (Å²) in [5, 5.41) is 3.33. The molecular weight excluding hydrogens is 277 g/mol. The van der Waals surface area contributed by atoms with Crippen molar-refractivity contribution in [1.82, 2.24) is 5.32 Å². The van der Waals surface area contributed by atoms with Crippen LogP contribution in [0.2, 0.25) is 0 Å². The third kappa shape index (κ3) is 2.61. The van der Waals surface area contributed by atoms with Gasteiger partial charge in [0.15, 0.2) is 9.84 Å². The first-order valence-electron chi connectivity index (χ1n) is 7.17. The van der Waals surface area contributed by atoms with E-state index in [1.807, 2.05) is 6.07 Å². The molecule has 0 aliphatic carbocycles. The largest absolute Gasteiger partial charge is 0.316 e. The summed E-state index contributed by atoms with van der Waals surface area (Å²) >= 11 is 0. The first kappa shape index (κ1) is 14.0. The minimum atomic E-state index is -2.96. The second-order valence-electron chi connectivity index (χ2n) is 6.12. The molecule has 0 saturated carbocycles. The number of nitrogens with one attached hydrogen (secondary N) is 1. The number of halogens is 1. The predicted molar refractivity (Wildman–Crippen MR) is 76.9 cm³/mol. The normalized spacial score (nSPS) is 33.1. The Bertz CT molecular complexity index is 598. The van der Waals surface area contributed by atoms with Crippen molar-refractivity contribution in [3.05, 3.63) is 35.6 Å². The first-order chi connectivity index (χ1) is 9.51. The Labute approximate surface area is 119 Å². The second-order valence-corrected chi connectivity index (χ2v) is 8.30. The van der Waals surface area contributed by atoms with Crippen molar-refractivity contribution in [2.75, 3.05) is 24.6 Å². The van der Waals surface area contributed by atoms with Gasteiger partial charge in [-0.25, -0.2) is 12.8 Å². The summed E-state index contributed by atoms with van der Waals surface area (Å²) in [6.07, 6.45) is 2.51. The predicted octanol–water partition coefficient (Wildman–Crippen LogP) is 2.10. The Morgan fingerprint density at radius 3 is 2.90 bits per heavy atom. The fourth-order valence-electron chi connectivity index (χ4n) is 3.87. The number of piperidine rings is 1. The summed E-state index contributed by atoms with van der Waals surface area (Å²) in [5.41, 5.74) is 0.713. The van der Waals surface area contributed by atoms with E-state index in [-0.39, 0.29) is 22.9 Å². The van der Waals surface area contributed by atoms with E-state index in [4.69, 9.17) is 0 Å². The molecule has 2 fully saturated rings. The summed E-state index contributed by atoms with van der Waals surface area (Å²) in [6.45, 7) is 1.58. The second kappa shape index (κ2) is 5.11. The highest BCUT2D eigenvalue weighted by Crippen LogP contribution is 2.47. The monoisotopic (exact) mass is 297 g/mol. The summed E-state index contributed by atoms with van der Waals surface area (Å²) in [7, 11) is -2.96. The molecule has 2 saturated heterocycles. The molecule has 0 radical (unpaired) electrons. The van der Waals surface area contributed by atoms with Crippen LogP contribution in [0.5, 0.6) is 0 Å². The molecule has 1 aromatic rings. The number of sulfone groups is 1. The van der Waals surface area contributed by atoms with Crippen molar-refractivity contribution in [2.24, 2.45) is 5.41 Å². The van der Waals surface area contributed by atoms with Gasteiger partial charge in [0.05, 0.1) is 11.5 Å². The lowest BCUT2D eigenvalue weighted by Crippen LogP contribution is -2.49. The molecule has 2 heterocycles. The Hall–Kier alpha value is -0.940. The van der Waals surface area contributed by atoms with Crippen LogP contribution in [0.25, 0.3) is 0 Å². The number of rotatable bonds is 1. The Morgan fingerprint density at radius 2 is 2.15 bits per heavy atom. The molecular formula is C15H20FNO2S. The maximum atomic E-state index is 13.5. The highest BCUT2D eigenvalue weighted by molar-refractivity contribution is 7.91. The molecule has 2 unspecified atom stereocenters. The van der Waals surface area contributed by atoms with Gasteiger partial charge in [0.1, 0.15) is 5.82 Å². The van der Waals surface area contributed by atoms with Gasteiger partial charge in [0.2, 0.25) is 0 Å². The standard InChI is InChI=1S/C15H20FNO2S/c16-13-4-1-3-12(9-13)14-10-17-7-6-15(14)5-2-8-20(18,19)11-15/h1,3-4,9,14,17H,2,5-8,10-11H2. The minimum Gasteiger partial charge on any atom is -0.316 e. The molecule has 0 bridgehead atoms. The van der Waals surface area contributed by atoms with Crippen LogP contribution in [-0.2, 0) is 9.84 Å². The van der Waals surface area contributed by atoms with Gasteiger partial charge in [0.25, 0.3) is 0 Å². The fraction of sp³-hybridized carbons (Fsp3) is 0.600. The molecule has 1 aromatic carbocycles. The van der Waals surface area contributed by atoms with Gasteiger partial charge in [-0.15, -0.1) is 0 Å². The minimum absolute atomic E-state index is 0.0852. The topological polar surface area (TPSA) is 46.2 Å². The summed E-state index contributed by atoms with van der Waals surface area (Å²) < 4.78 is 37.6. The zero-order valence-corrected chi connectivity index (χ0v) is 12.3. The van der Waals surface area contributed by atoms with E-state index in [0.717, 1.165) is 37.9 Å². The lowest BCUT2D eigenvalue weighted by atomic mass is 9.66. The number of hydrogen-bond donors (Lipinski definition) is 1. The summed E-state index contributed by atoms with van der Waals surface area (Å²) in [4.78, 5) is 0. The summed E-state index contributed by atoms with van der Waals surface area (Å²) in [6, 6.07) is 6.62. The van der Waals surface area contributed by atoms with Crippen LogP contribution in [0.15, 0.2) is 24.3 Å². The SMILES string of the molecule is O=S1(=O)CCCC2(CCNCC2c2cccc(F)c2)C1. The van der Waals surface area contributed by atoms with Crippen molar-refractivity contribution in [3.8, 4) is 0 Å². The zero-order chi connectivity index (χ0) is 14.2. The molecule has 0 amide bonds. The highest BCUT2D eigenvalue weighted by atomic mass is 32.2. The molecule has 0 aromatic heterocycles. The van der Waals surface area contributed by atoms with E-state index >= 15 is 0 Å². The molecule has 1 N–H and O–H groups in total. The van der Waals surface area contributed by atoms with Crippen molar-refractivity contribution in [3.63, 3.8) is 0 Å². The van der Waals surface area contributed by atoms with E-state index in [0.29, 0.717) is 5.75 Å². The van der Waals surface area contributed by atoms with Crippen molar-refractivity contribution < 1.29 is 12.8 Å². The quantitative estimate of drug-likeness (QED) is 0.863. The lowest BCUT2D eigenvalue weighted by molar-refractivity contribution is 0.168. The van der Waals surface area contributed by atoms with Gasteiger partial charge < -0.3 is 5.32 Å². The van der Waals surface area contributed by atoms with Crippen molar-refractivity contribution in [2.45, 2.75) is 25.2 Å². The molecule has 110 valence electrons. The van der Waals surface area contributed by atoms with Crippen LogP contribution in [0, 0.1) is 11.2 Å². The zero-order valence-electron chi connectivity index (χ0n) is 11.4. The molecule has 3 nitrogen and oxygen atoms in total. The molecule has 2 aliphatic heterocycles. The average Bonchev–Trinajstić information content (AvgIpc) is 2.37. The highest BCUT2D eigenvalue weighted by Gasteiger charge is 2.46. The Kier molecular flexibility index (Phi) is 3.58. The molecule has 20 heavy (non-hydrogen) atoms. The molecule has 3 rings (SSSR count). The van der Waals surface area contributed by atoms with Gasteiger partial charge in [-0.2, -0.15) is 0 Å². The van der Waals surface area contributed by atoms with E-state index in [1.165, 1.54) is 6.07 Å². The fourth-order valence-corrected chi connectivity index (χ4v) is 5.96. The van der Waals surface area contributed by atoms with Gasteiger partial charge in [-0.3, -0.25) is 0 Å². The van der Waals surface area contributed by atoms with Crippen molar-refractivity contribution in [1.29, 1.82) is 0 Å². The summed E-state index contributed by atoms with van der Waals surface area (Å²) in [5.74, 6) is 0.393. The van der Waals surface area contributed by atoms with E-state index in [9.17, 15) is 12.8 Å². The van der Waals surface area contributed by atoms with Crippen LogP contribution in [0.3, 0.4) is 0 Å². The molecule has 1 spiro atoms. The molecule has 5 heteroatoms. The maximum Gasteiger partial charge on any atom is 0.150 e. The Morgan fingerprint density at radius 1 is 1.30 bits per heavy atom. The van der Waals surface area contributed by atoms with E-state index in [1.54, 1.807) is 12.1 Å². The van der Waals surface area contributed by atoms with Gasteiger partial charge in [-0.05, 0) is 48.9 Å². The van der Waals surface area contributed by atoms with Crippen LogP contribution in [-0.4, -0.2) is 33.0 Å². The average molecular weight is 297 g/mol.